The van der Waals surface area contributed by atoms with Gasteiger partial charge in [-0.15, -0.1) is 0 Å². The van der Waals surface area contributed by atoms with Crippen molar-refractivity contribution in [1.82, 2.24) is 0 Å². The molecule has 14 nitrogen and oxygen atoms in total. The zero-order valence-electron chi connectivity index (χ0n) is 68.0. The van der Waals surface area contributed by atoms with Gasteiger partial charge in [0.2, 0.25) is 0 Å². The summed E-state index contributed by atoms with van der Waals surface area (Å²) in [5.74, 6) is -3.92. The number of carbonyl (C=O) groups excluding carboxylic acids is 2. The predicted octanol–water partition coefficient (Wildman–Crippen LogP) is 18.7. The Morgan fingerprint density at radius 2 is 0.678 bits per heavy atom. The van der Waals surface area contributed by atoms with Crippen LogP contribution in [0.5, 0.6) is 0 Å². The van der Waals surface area contributed by atoms with E-state index in [0.717, 1.165) is 59.5 Å². The van der Waals surface area contributed by atoms with Gasteiger partial charge in [-0.05, 0) is 270 Å². The third-order valence-electron chi connectivity index (χ3n) is 24.2. The Hall–Kier alpha value is -4.95. The Morgan fingerprint density at radius 3 is 0.898 bits per heavy atom. The SMILES string of the molecule is C1CC2CCCC(C1)S2.CC(C)(C)c1ccc([I+]c2ccc(C(C)(C)C)cc2)cc1.CC(C)(C)c1ccc([S+]2C3CCCC2CCC3)cc1.O=C(O)c1ccccc1.O=C(O)c1ccccc1.O=C(OC(C(F)(F)F)C(F)(F)S(=O)(=O)[O-])C12CC3CC(CC(C3)C1)C2.O=C(OC(C(F)(F)F)C(F)(F)S(=O)(=O)[O-])C12CC3CC(CC(C3)C1)C2.[Cu]. The number of carboxylic acid groups (broad SMARTS) is 2. The number of halogens is 11. The summed E-state index contributed by atoms with van der Waals surface area (Å²) in [4.78, 5) is 46.8. The van der Waals surface area contributed by atoms with Crippen molar-refractivity contribution in [3.05, 3.63) is 168 Å². The predicted molar refractivity (Wildman–Crippen MR) is 426 cm³/mol. The maximum atomic E-state index is 13.5. The van der Waals surface area contributed by atoms with E-state index >= 15 is 0 Å². The maximum Gasteiger partial charge on any atom is 0.432 e. The van der Waals surface area contributed by atoms with E-state index in [1.54, 1.807) is 65.6 Å². The van der Waals surface area contributed by atoms with Gasteiger partial charge in [0.05, 0.1) is 22.0 Å². The van der Waals surface area contributed by atoms with Crippen LogP contribution < -0.4 is 21.2 Å². The number of thioether (sulfide) groups is 1. The molecule has 12 fully saturated rings. The summed E-state index contributed by atoms with van der Waals surface area (Å²) in [6.07, 6.45) is 4.20. The zero-order chi connectivity index (χ0) is 86.3. The number of alkyl halides is 10. The molecule has 0 amide bonds. The summed E-state index contributed by atoms with van der Waals surface area (Å²) >= 11 is 2.20. The van der Waals surface area contributed by atoms with Gasteiger partial charge in [-0.2, -0.15) is 55.7 Å². The number of esters is 2. The van der Waals surface area contributed by atoms with Gasteiger partial charge in [0, 0.05) is 38.5 Å². The second-order valence-electron chi connectivity index (χ2n) is 36.5. The van der Waals surface area contributed by atoms with E-state index in [2.05, 4.69) is 156 Å². The monoisotopic (exact) mass is 1900 g/mol. The van der Waals surface area contributed by atoms with Crippen molar-refractivity contribution in [3.63, 3.8) is 0 Å². The normalized spacial score (nSPS) is 27.2. The van der Waals surface area contributed by atoms with Crippen molar-refractivity contribution in [2.45, 2.75) is 294 Å². The topological polar surface area (TPSA) is 242 Å². The van der Waals surface area contributed by atoms with Crippen LogP contribution in [-0.2, 0) is 83.5 Å². The smallest absolute Gasteiger partial charge is 0.432 e. The van der Waals surface area contributed by atoms with Crippen LogP contribution in [0.2, 0.25) is 0 Å². The van der Waals surface area contributed by atoms with Gasteiger partial charge in [-0.25, -0.2) is 26.4 Å². The molecule has 17 rings (SSSR count). The minimum atomic E-state index is -6.67. The minimum Gasteiger partial charge on any atom is -0.743 e. The molecule has 30 heteroatoms. The van der Waals surface area contributed by atoms with Crippen molar-refractivity contribution in [2.75, 3.05) is 0 Å². The third-order valence-corrected chi connectivity index (χ3v) is 33.6. The van der Waals surface area contributed by atoms with Crippen LogP contribution in [0.4, 0.5) is 43.9 Å². The van der Waals surface area contributed by atoms with Crippen LogP contribution in [0.3, 0.4) is 0 Å². The second kappa shape index (κ2) is 39.9. The molecular formula is C88H111CuF10IO14S4. The molecule has 0 spiro atoms. The Kier molecular flexibility index (Phi) is 33.3. The molecule has 4 saturated heterocycles. The molecule has 8 aliphatic carbocycles. The number of carbonyl (C=O) groups is 4. The van der Waals surface area contributed by atoms with Crippen LogP contribution in [0, 0.1) is 53.5 Å². The molecule has 1 radical (unpaired) electrons. The molecule has 2 N–H and O–H groups in total. The summed E-state index contributed by atoms with van der Waals surface area (Å²) in [6, 6.07) is 44.6. The molecule has 0 aromatic heterocycles. The van der Waals surface area contributed by atoms with Crippen molar-refractivity contribution in [1.29, 1.82) is 0 Å². The average molecular weight is 1900 g/mol. The molecular weight excluding hydrogens is 1790 g/mol. The minimum absolute atomic E-state index is 0. The first-order valence-electron chi connectivity index (χ1n) is 40.4. The molecule has 4 heterocycles. The zero-order valence-corrected chi connectivity index (χ0v) is 74.4. The van der Waals surface area contributed by atoms with Gasteiger partial charge in [-0.3, -0.25) is 9.59 Å². The average Bonchev–Trinajstić information content (AvgIpc) is 0.740. The van der Waals surface area contributed by atoms with Crippen molar-refractivity contribution in [3.8, 4) is 0 Å². The number of hydrogen-bond donors (Lipinski definition) is 2. The molecule has 659 valence electrons. The second-order valence-corrected chi connectivity index (χ2v) is 46.6. The fourth-order valence-electron chi connectivity index (χ4n) is 19.1. The Labute approximate surface area is 716 Å². The molecule has 12 aliphatic rings. The standard InChI is InChI=1S/C20H26I.C18H27S.2C14H17F5O5S.C8H14S.2C7H6O2.Cu/c1-19(2,3)15-7-11-17(12-8-15)21-18-13-9-16(10-14-18)20(4,5)6;1-18(2,3)14-10-12-17(13-11-14)19-15-6-4-7-16(19)9-5-8-15;2*15-13(16,17)10(14(18,19)25(21,22)23)24-11(20)12-4-7-1-8(5-12)3-9(2-7)6-12;1-3-7-5-2-6-8(4-1)9-7;2*8-7(9)6-4-2-1-3-5-6;/h7-14H,1-6H3;10-13,15-16H,4-9H2,1-3H3;2*7-10H,1-6H2,(H,21,22,23);7-8H,1-6H2;2*1-5H,(H,8,9);/q2*+1;;;;;;/p-2. The maximum absolute atomic E-state index is 13.5. The molecule has 2 unspecified atom stereocenters. The number of fused-ring (bicyclic) bond motifs is 4. The number of carboxylic acids is 2. The Bertz CT molecular complexity index is 4040. The van der Waals surface area contributed by atoms with E-state index in [1.165, 1.54) is 101 Å². The van der Waals surface area contributed by atoms with Gasteiger partial charge in [-0.1, -0.05) is 148 Å². The van der Waals surface area contributed by atoms with E-state index in [4.69, 9.17) is 10.2 Å². The fraction of sp³-hybridized carbons (Fsp3) is 0.614. The van der Waals surface area contributed by atoms with E-state index in [-0.39, 0.29) is 129 Å². The first kappa shape index (κ1) is 98.5. The summed E-state index contributed by atoms with van der Waals surface area (Å²) in [7, 11) is -12.8. The van der Waals surface area contributed by atoms with E-state index in [1.807, 2.05) is 0 Å². The van der Waals surface area contributed by atoms with Gasteiger partial charge >= 0.3 is 67.9 Å². The van der Waals surface area contributed by atoms with Gasteiger partial charge in [0.15, 0.2) is 32.3 Å². The molecule has 118 heavy (non-hydrogen) atoms. The number of ether oxygens (including phenoxy) is 2. The molecule has 5 aromatic carbocycles. The fourth-order valence-corrected chi connectivity index (χ4v) is 27.4. The van der Waals surface area contributed by atoms with Gasteiger partial charge in [0.1, 0.15) is 10.5 Å². The largest absolute Gasteiger partial charge is 0.743 e. The number of rotatable bonds is 13. The molecule has 5 aromatic rings. The summed E-state index contributed by atoms with van der Waals surface area (Å²) < 4.78 is 206. The number of hydrogen-bond acceptors (Lipinski definition) is 13. The van der Waals surface area contributed by atoms with Crippen molar-refractivity contribution >= 4 is 66.8 Å². The van der Waals surface area contributed by atoms with Crippen LogP contribution in [0.1, 0.15) is 254 Å². The van der Waals surface area contributed by atoms with Crippen LogP contribution in [0.25, 0.3) is 0 Å². The van der Waals surface area contributed by atoms with Crippen LogP contribution in [0.15, 0.2) is 138 Å². The quantitative estimate of drug-likeness (QED) is 0.0278. The molecule has 8 saturated carbocycles. The third kappa shape index (κ3) is 26.1. The molecule has 4 aliphatic heterocycles. The van der Waals surface area contributed by atoms with Crippen LogP contribution >= 0.6 is 11.8 Å². The van der Waals surface area contributed by atoms with Crippen molar-refractivity contribution < 1.29 is 147 Å². The number of benzene rings is 5. The molecule has 2 atom stereocenters. The van der Waals surface area contributed by atoms with Crippen LogP contribution in [-0.4, -0.2) is 116 Å². The Balaban J connectivity index is 0.000000177. The van der Waals surface area contributed by atoms with Gasteiger partial charge in [0.25, 0.3) is 12.2 Å². The Morgan fingerprint density at radius 1 is 0.424 bits per heavy atom. The van der Waals surface area contributed by atoms with E-state index in [9.17, 15) is 89.0 Å². The summed E-state index contributed by atoms with van der Waals surface area (Å²) in [5.41, 5.74) is 3.15. The molecule has 12 bridgehead atoms. The summed E-state index contributed by atoms with van der Waals surface area (Å²) in [5, 5.41) is 9.34. The number of aromatic carboxylic acids is 2. The van der Waals surface area contributed by atoms with E-state index in [0.29, 0.717) is 22.0 Å². The van der Waals surface area contributed by atoms with E-state index < -0.39 is 90.0 Å². The first-order valence-corrected chi connectivity index (χ1v) is 47.7. The van der Waals surface area contributed by atoms with Gasteiger partial charge < -0.3 is 28.8 Å². The van der Waals surface area contributed by atoms with Crippen molar-refractivity contribution in [2.24, 2.45) is 46.3 Å². The summed E-state index contributed by atoms with van der Waals surface area (Å²) in [6.45, 7) is 20.5. The first-order chi connectivity index (χ1) is 54.3.